The van der Waals surface area contributed by atoms with Crippen LogP contribution in [-0.2, 0) is 0 Å². The van der Waals surface area contributed by atoms with E-state index < -0.39 is 17.7 Å². The number of halogens is 3. The molecule has 3 aromatic heterocycles. The Morgan fingerprint density at radius 3 is 2.69 bits per heavy atom. The van der Waals surface area contributed by atoms with E-state index in [0.29, 0.717) is 24.1 Å². The first-order valence-corrected chi connectivity index (χ1v) is 10.5. The highest BCUT2D eigenvalue weighted by Gasteiger charge is 2.55. The van der Waals surface area contributed by atoms with Crippen LogP contribution in [0.5, 0.6) is 0 Å². The number of rotatable bonds is 2. The lowest BCUT2D eigenvalue weighted by Crippen LogP contribution is -2.23. The van der Waals surface area contributed by atoms with Gasteiger partial charge in [-0.2, -0.15) is 0 Å². The van der Waals surface area contributed by atoms with Crippen LogP contribution in [-0.4, -0.2) is 26.8 Å². The molecule has 2 aliphatic rings. The van der Waals surface area contributed by atoms with Gasteiger partial charge in [0.15, 0.2) is 5.43 Å². The predicted octanol–water partition coefficient (Wildman–Crippen LogP) is 4.09. The molecule has 2 aliphatic carbocycles. The molecule has 168 valence electrons. The molecule has 0 bridgehead atoms. The number of hydrogen-bond donors (Lipinski definition) is 2. The van der Waals surface area contributed by atoms with Gasteiger partial charge in [0.1, 0.15) is 11.5 Å². The number of alkyl halides is 2. The number of nitrogens with two attached hydrogens (primary N) is 1. The molecule has 0 aromatic carbocycles. The minimum Gasteiger partial charge on any atom is -0.364 e. The third-order valence-corrected chi connectivity index (χ3v) is 6.50. The van der Waals surface area contributed by atoms with Gasteiger partial charge in [0, 0.05) is 42.4 Å². The van der Waals surface area contributed by atoms with Gasteiger partial charge in [-0.25, -0.2) is 13.2 Å². The van der Waals surface area contributed by atoms with Crippen LogP contribution >= 0.6 is 0 Å². The average Bonchev–Trinajstić information content (AvgIpc) is 3.31. The van der Waals surface area contributed by atoms with Crippen molar-refractivity contribution in [2.75, 3.05) is 0 Å². The molecule has 3 atom stereocenters. The monoisotopic (exact) mass is 444 g/mol. The number of carbonyl (C=O) groups is 1. The van der Waals surface area contributed by atoms with Crippen LogP contribution in [0.4, 0.5) is 13.2 Å². The first-order valence-electron chi connectivity index (χ1n) is 10.5. The highest BCUT2D eigenvalue weighted by molar-refractivity contribution is 6.03. The minimum absolute atomic E-state index is 0.000982. The molecule has 3 N–H and O–H groups in total. The lowest BCUT2D eigenvalue weighted by molar-refractivity contribution is -0.0409. The van der Waals surface area contributed by atoms with E-state index in [0.717, 1.165) is 12.1 Å². The van der Waals surface area contributed by atoms with Crippen molar-refractivity contribution in [1.29, 1.82) is 0 Å². The van der Waals surface area contributed by atoms with Gasteiger partial charge in [0.2, 0.25) is 0 Å². The van der Waals surface area contributed by atoms with E-state index >= 15 is 0 Å². The Kier molecular flexibility index (Phi) is 5.75. The largest absolute Gasteiger partial charge is 0.364 e. The van der Waals surface area contributed by atoms with Gasteiger partial charge >= 0.3 is 0 Å². The lowest BCUT2D eigenvalue weighted by Gasteiger charge is -2.20. The summed E-state index contributed by atoms with van der Waals surface area (Å²) in [6.07, 6.45) is 4.83. The normalized spacial score (nSPS) is 23.4. The number of pyridine rings is 3. The Morgan fingerprint density at radius 2 is 1.97 bits per heavy atom. The summed E-state index contributed by atoms with van der Waals surface area (Å²) in [6, 6.07) is 6.00. The lowest BCUT2D eigenvalue weighted by atomic mass is 9.89. The second-order valence-electron chi connectivity index (χ2n) is 8.35. The molecule has 6 nitrogen and oxygen atoms in total. The summed E-state index contributed by atoms with van der Waals surface area (Å²) in [5, 5.41) is 0.238. The van der Waals surface area contributed by atoms with Crippen LogP contribution < -0.4 is 11.2 Å². The number of nitrogens with zero attached hydrogens (tertiary/aromatic N) is 2. The summed E-state index contributed by atoms with van der Waals surface area (Å²) >= 11 is 0. The summed E-state index contributed by atoms with van der Waals surface area (Å²) in [4.78, 5) is 33.3. The molecule has 9 heteroatoms. The molecule has 32 heavy (non-hydrogen) atoms. The maximum atomic E-state index is 13.7. The second-order valence-corrected chi connectivity index (χ2v) is 8.35. The summed E-state index contributed by atoms with van der Waals surface area (Å²) in [7, 11) is 0. The van der Waals surface area contributed by atoms with Crippen LogP contribution in [0.3, 0.4) is 0 Å². The third-order valence-electron chi connectivity index (χ3n) is 6.50. The fourth-order valence-electron chi connectivity index (χ4n) is 4.98. The fraction of sp³-hybridized carbons (Fsp3) is 0.391. The molecule has 1 amide bonds. The highest BCUT2D eigenvalue weighted by atomic mass is 19.3. The third kappa shape index (κ3) is 3.99. The molecule has 3 heterocycles. The summed E-state index contributed by atoms with van der Waals surface area (Å²) in [5.74, 6) is -3.92. The molecule has 0 saturated heterocycles. The second kappa shape index (κ2) is 8.37. The number of H-pyrrole nitrogens is 1. The standard InChI is InChI=1S/C14H16F3N.C9H7N3O2/c1-8-12(15)4-5-13(18-8)10-2-3-11-9(10)6-7-14(11,16)17;10-9(14)8-7-5(1-3-12-8)11-4-2-6(7)13/h4-5,9-11H,2-3,6-7H2,1H3;1-4H,(H2,10,14)(H,11,13)/t9-,10?,11+;/m1./s1. The molecule has 0 aliphatic heterocycles. The fourth-order valence-corrected chi connectivity index (χ4v) is 4.98. The van der Waals surface area contributed by atoms with E-state index in [2.05, 4.69) is 15.0 Å². The topological polar surface area (TPSA) is 102 Å². The van der Waals surface area contributed by atoms with E-state index in [1.807, 2.05) is 0 Å². The number of hydrogen-bond acceptors (Lipinski definition) is 4. The number of nitrogens with one attached hydrogen (secondary N) is 1. The van der Waals surface area contributed by atoms with E-state index in [1.54, 1.807) is 19.1 Å². The van der Waals surface area contributed by atoms with Crippen LogP contribution in [0.2, 0.25) is 0 Å². The molecule has 5 rings (SSSR count). The van der Waals surface area contributed by atoms with Crippen molar-refractivity contribution in [3.05, 3.63) is 69.8 Å². The van der Waals surface area contributed by atoms with Crippen LogP contribution in [0.25, 0.3) is 10.9 Å². The number of amides is 1. The smallest absolute Gasteiger partial charge is 0.268 e. The van der Waals surface area contributed by atoms with Gasteiger partial charge in [0.25, 0.3) is 11.8 Å². The van der Waals surface area contributed by atoms with Crippen LogP contribution in [0.1, 0.15) is 53.5 Å². The number of primary amides is 1. The SMILES string of the molecule is Cc1nc(C2CC[C@H]3[C@@H]2CCC3(F)F)ccc1F.NC(=O)c1nccc2[nH]ccc(=O)c12. The van der Waals surface area contributed by atoms with Crippen molar-refractivity contribution in [1.82, 2.24) is 15.0 Å². The van der Waals surface area contributed by atoms with Crippen molar-refractivity contribution >= 4 is 16.8 Å². The number of fused-ring (bicyclic) bond motifs is 2. The highest BCUT2D eigenvalue weighted by Crippen LogP contribution is 2.57. The summed E-state index contributed by atoms with van der Waals surface area (Å²) < 4.78 is 40.5. The number of carbonyl (C=O) groups excluding carboxylic acids is 1. The zero-order valence-electron chi connectivity index (χ0n) is 17.4. The van der Waals surface area contributed by atoms with Gasteiger partial charge in [-0.3, -0.25) is 19.6 Å². The Balaban J connectivity index is 0.000000158. The minimum atomic E-state index is -2.51. The maximum absolute atomic E-state index is 13.7. The first kappa shape index (κ1) is 22.0. The Bertz CT molecular complexity index is 1220. The Morgan fingerprint density at radius 1 is 1.19 bits per heavy atom. The number of aromatic amines is 1. The van der Waals surface area contributed by atoms with Gasteiger partial charge in [0.05, 0.1) is 16.6 Å². The van der Waals surface area contributed by atoms with Crippen LogP contribution in [0, 0.1) is 24.6 Å². The average molecular weight is 444 g/mol. The quantitative estimate of drug-likeness (QED) is 0.622. The van der Waals surface area contributed by atoms with Gasteiger partial charge in [-0.15, -0.1) is 0 Å². The van der Waals surface area contributed by atoms with Crippen LogP contribution in [0.15, 0.2) is 41.5 Å². The first-order chi connectivity index (χ1) is 15.2. The van der Waals surface area contributed by atoms with Crippen molar-refractivity contribution < 1.29 is 18.0 Å². The molecular formula is C23H23F3N4O2. The van der Waals surface area contributed by atoms with E-state index in [4.69, 9.17) is 5.73 Å². The van der Waals surface area contributed by atoms with Crippen molar-refractivity contribution in [2.45, 2.75) is 44.4 Å². The summed E-state index contributed by atoms with van der Waals surface area (Å²) in [5.41, 5.74) is 6.54. The van der Waals surface area contributed by atoms with Gasteiger partial charge < -0.3 is 10.7 Å². The van der Waals surface area contributed by atoms with Gasteiger partial charge in [-0.1, -0.05) is 0 Å². The molecule has 2 saturated carbocycles. The number of aromatic nitrogens is 3. The molecule has 0 spiro atoms. The van der Waals surface area contributed by atoms with Crippen molar-refractivity contribution in [2.24, 2.45) is 17.6 Å². The van der Waals surface area contributed by atoms with Crippen molar-refractivity contribution in [3.8, 4) is 0 Å². The molecule has 3 aromatic rings. The van der Waals surface area contributed by atoms with E-state index in [1.165, 1.54) is 24.5 Å². The molecule has 1 unspecified atom stereocenters. The maximum Gasteiger partial charge on any atom is 0.268 e. The zero-order chi connectivity index (χ0) is 23.0. The summed E-state index contributed by atoms with van der Waals surface area (Å²) in [6.45, 7) is 1.62. The molecule has 2 fully saturated rings. The molecule has 0 radical (unpaired) electrons. The zero-order valence-corrected chi connectivity index (χ0v) is 17.4. The molecular weight excluding hydrogens is 421 g/mol. The Hall–Kier alpha value is -3.23. The number of aryl methyl sites for hydroxylation is 1. The Labute approximate surface area is 182 Å². The van der Waals surface area contributed by atoms with Gasteiger partial charge in [-0.05, 0) is 50.3 Å². The van der Waals surface area contributed by atoms with Crippen molar-refractivity contribution in [3.63, 3.8) is 0 Å². The predicted molar refractivity (Wildman–Crippen MR) is 113 cm³/mol. The van der Waals surface area contributed by atoms with E-state index in [-0.39, 0.29) is 40.6 Å². The van der Waals surface area contributed by atoms with E-state index in [9.17, 15) is 22.8 Å².